The van der Waals surface area contributed by atoms with Crippen molar-refractivity contribution in [3.05, 3.63) is 29.8 Å². The molecule has 0 saturated heterocycles. The van der Waals surface area contributed by atoms with E-state index < -0.39 is 0 Å². The first-order valence-electron chi connectivity index (χ1n) is 5.69. The Balaban J connectivity index is 2.46. The number of nitrogens with zero attached hydrogens (tertiary/aromatic N) is 1. The molecule has 3 nitrogen and oxygen atoms in total. The Morgan fingerprint density at radius 2 is 1.88 bits per heavy atom. The molecule has 1 aromatic rings. The molecule has 0 spiro atoms. The maximum atomic E-state index is 10.5. The Kier molecular flexibility index (Phi) is 4.99. The van der Waals surface area contributed by atoms with Crippen LogP contribution in [0.25, 0.3) is 0 Å². The van der Waals surface area contributed by atoms with Crippen molar-refractivity contribution in [1.29, 1.82) is 0 Å². The van der Waals surface area contributed by atoms with Crippen molar-refractivity contribution >= 4 is 12.0 Å². The molecule has 0 fully saturated rings. The normalized spacial score (nSPS) is 10.5. The summed E-state index contributed by atoms with van der Waals surface area (Å²) >= 11 is 0. The van der Waals surface area contributed by atoms with Crippen molar-refractivity contribution < 1.29 is 9.69 Å². The summed E-state index contributed by atoms with van der Waals surface area (Å²) in [5.74, 6) is 0. The van der Waals surface area contributed by atoms with Gasteiger partial charge in [0.25, 0.3) is 0 Å². The first-order chi connectivity index (χ1) is 7.63. The van der Waals surface area contributed by atoms with E-state index in [4.69, 9.17) is 0 Å². The highest BCUT2D eigenvalue weighted by Gasteiger charge is 2.01. The van der Waals surface area contributed by atoms with E-state index in [-0.39, 0.29) is 0 Å². The number of aldehydes is 1. The summed E-state index contributed by atoms with van der Waals surface area (Å²) in [4.78, 5) is 14.2. The first kappa shape index (κ1) is 12.7. The van der Waals surface area contributed by atoms with Gasteiger partial charge in [0.1, 0.15) is 6.29 Å². The number of hydrogen-bond acceptors (Lipinski definition) is 2. The van der Waals surface area contributed by atoms with Crippen LogP contribution in [0.5, 0.6) is 0 Å². The Labute approximate surface area is 97.7 Å². The van der Waals surface area contributed by atoms with Gasteiger partial charge in [-0.05, 0) is 24.3 Å². The van der Waals surface area contributed by atoms with Gasteiger partial charge in [-0.15, -0.1) is 0 Å². The molecular formula is C13H21N2O+. The molecule has 0 bridgehead atoms. The molecule has 88 valence electrons. The largest absolute Gasteiger partial charge is 0.374 e. The lowest BCUT2D eigenvalue weighted by atomic mass is 10.2. The minimum Gasteiger partial charge on any atom is -0.374 e. The number of benzene rings is 1. The van der Waals surface area contributed by atoms with Crippen molar-refractivity contribution in [3.63, 3.8) is 0 Å². The molecule has 0 amide bonds. The average molecular weight is 221 g/mol. The third-order valence-corrected chi connectivity index (χ3v) is 2.64. The van der Waals surface area contributed by atoms with Crippen LogP contribution in [-0.2, 0) is 0 Å². The van der Waals surface area contributed by atoms with Gasteiger partial charge < -0.3 is 9.80 Å². The maximum absolute atomic E-state index is 10.5. The number of rotatable bonds is 6. The summed E-state index contributed by atoms with van der Waals surface area (Å²) in [5.41, 5.74) is 1.90. The molecular weight excluding hydrogens is 200 g/mol. The molecule has 1 aromatic carbocycles. The van der Waals surface area contributed by atoms with Gasteiger partial charge in [-0.1, -0.05) is 0 Å². The van der Waals surface area contributed by atoms with E-state index in [0.29, 0.717) is 0 Å². The molecule has 0 aliphatic rings. The summed E-state index contributed by atoms with van der Waals surface area (Å²) < 4.78 is 0. The predicted octanol–water partition coefficient (Wildman–Crippen LogP) is 0.470. The Bertz CT molecular complexity index is 319. The molecule has 3 heteroatoms. The lowest BCUT2D eigenvalue weighted by Gasteiger charge is -2.19. The fourth-order valence-electron chi connectivity index (χ4n) is 1.61. The number of carbonyl (C=O) groups is 1. The Morgan fingerprint density at radius 3 is 2.38 bits per heavy atom. The zero-order valence-corrected chi connectivity index (χ0v) is 10.4. The molecule has 0 radical (unpaired) electrons. The van der Waals surface area contributed by atoms with Crippen LogP contribution in [0, 0.1) is 0 Å². The molecule has 0 saturated carbocycles. The van der Waals surface area contributed by atoms with Gasteiger partial charge in [0.15, 0.2) is 0 Å². The predicted molar refractivity (Wildman–Crippen MR) is 67.4 cm³/mol. The zero-order valence-electron chi connectivity index (χ0n) is 10.4. The van der Waals surface area contributed by atoms with E-state index in [1.807, 2.05) is 24.3 Å². The second-order valence-corrected chi connectivity index (χ2v) is 4.44. The Morgan fingerprint density at radius 1 is 1.25 bits per heavy atom. The fourth-order valence-corrected chi connectivity index (χ4v) is 1.61. The highest BCUT2D eigenvalue weighted by atomic mass is 16.1. The van der Waals surface area contributed by atoms with E-state index in [1.54, 1.807) is 0 Å². The van der Waals surface area contributed by atoms with Crippen LogP contribution in [0.3, 0.4) is 0 Å². The molecule has 0 unspecified atom stereocenters. The molecule has 0 heterocycles. The van der Waals surface area contributed by atoms with Crippen LogP contribution in [0.2, 0.25) is 0 Å². The monoisotopic (exact) mass is 221 g/mol. The van der Waals surface area contributed by atoms with Gasteiger partial charge in [0.2, 0.25) is 0 Å². The van der Waals surface area contributed by atoms with Crippen molar-refractivity contribution in [1.82, 2.24) is 0 Å². The van der Waals surface area contributed by atoms with Crippen LogP contribution in [-0.4, -0.2) is 40.5 Å². The lowest BCUT2D eigenvalue weighted by Crippen LogP contribution is -3.05. The Hall–Kier alpha value is -1.35. The smallest absolute Gasteiger partial charge is 0.150 e. The standard InChI is InChI=1S/C13H20N2O/c1-14(2)9-4-10-15(3)13-7-5-12(11-16)6-8-13/h5-8,11H,4,9-10H2,1-3H3/p+1. The van der Waals surface area contributed by atoms with Crippen LogP contribution in [0.1, 0.15) is 16.8 Å². The molecule has 0 atom stereocenters. The van der Waals surface area contributed by atoms with Gasteiger partial charge in [0.05, 0.1) is 20.6 Å². The van der Waals surface area contributed by atoms with Crippen molar-refractivity contribution in [2.24, 2.45) is 0 Å². The van der Waals surface area contributed by atoms with E-state index in [2.05, 4.69) is 26.0 Å². The SMILES string of the molecule is CN(CCC[NH+](C)C)c1ccc(C=O)cc1. The molecule has 0 aliphatic carbocycles. The van der Waals surface area contributed by atoms with Crippen molar-refractivity contribution in [3.8, 4) is 0 Å². The number of carbonyl (C=O) groups excluding carboxylic acids is 1. The third kappa shape index (κ3) is 4.03. The topological polar surface area (TPSA) is 24.8 Å². The second-order valence-electron chi connectivity index (χ2n) is 4.44. The van der Waals surface area contributed by atoms with Gasteiger partial charge in [-0.3, -0.25) is 4.79 Å². The minimum atomic E-state index is 0.731. The van der Waals surface area contributed by atoms with Crippen molar-refractivity contribution in [2.45, 2.75) is 6.42 Å². The van der Waals surface area contributed by atoms with Gasteiger partial charge in [0, 0.05) is 31.3 Å². The molecule has 1 rings (SSSR count). The summed E-state index contributed by atoms with van der Waals surface area (Å²) in [6.45, 7) is 2.22. The maximum Gasteiger partial charge on any atom is 0.150 e. The van der Waals surface area contributed by atoms with E-state index >= 15 is 0 Å². The number of hydrogen-bond donors (Lipinski definition) is 1. The van der Waals surface area contributed by atoms with E-state index in [0.717, 1.165) is 18.4 Å². The molecule has 1 N–H and O–H groups in total. The molecule has 0 aromatic heterocycles. The number of nitrogens with one attached hydrogen (secondary N) is 1. The van der Waals surface area contributed by atoms with Crippen LogP contribution in [0.4, 0.5) is 5.69 Å². The summed E-state index contributed by atoms with van der Waals surface area (Å²) in [7, 11) is 6.42. The highest BCUT2D eigenvalue weighted by molar-refractivity contribution is 5.75. The second kappa shape index (κ2) is 6.28. The number of quaternary nitrogens is 1. The number of anilines is 1. The van der Waals surface area contributed by atoms with Gasteiger partial charge in [-0.2, -0.15) is 0 Å². The van der Waals surface area contributed by atoms with Crippen LogP contribution in [0.15, 0.2) is 24.3 Å². The van der Waals surface area contributed by atoms with E-state index in [9.17, 15) is 4.79 Å². The summed E-state index contributed by atoms with van der Waals surface area (Å²) in [6, 6.07) is 7.70. The zero-order chi connectivity index (χ0) is 12.0. The summed E-state index contributed by atoms with van der Waals surface area (Å²) in [5, 5.41) is 0. The quantitative estimate of drug-likeness (QED) is 0.706. The first-order valence-corrected chi connectivity index (χ1v) is 5.69. The van der Waals surface area contributed by atoms with Crippen molar-refractivity contribution in [2.75, 3.05) is 39.1 Å². The molecule has 0 aliphatic heterocycles. The highest BCUT2D eigenvalue weighted by Crippen LogP contribution is 2.12. The minimum absolute atomic E-state index is 0.731. The van der Waals surface area contributed by atoms with Crippen LogP contribution >= 0.6 is 0 Å². The van der Waals surface area contributed by atoms with E-state index in [1.165, 1.54) is 23.6 Å². The van der Waals surface area contributed by atoms with Gasteiger partial charge >= 0.3 is 0 Å². The van der Waals surface area contributed by atoms with Crippen LogP contribution < -0.4 is 9.80 Å². The lowest BCUT2D eigenvalue weighted by molar-refractivity contribution is -0.858. The summed E-state index contributed by atoms with van der Waals surface area (Å²) in [6.07, 6.45) is 2.05. The fraction of sp³-hybridized carbons (Fsp3) is 0.462. The average Bonchev–Trinajstić information content (AvgIpc) is 2.28. The molecule has 16 heavy (non-hydrogen) atoms. The third-order valence-electron chi connectivity index (χ3n) is 2.64. The van der Waals surface area contributed by atoms with Gasteiger partial charge in [-0.25, -0.2) is 0 Å².